The molecule has 0 unspecified atom stereocenters. The number of urea groups is 1. The van der Waals surface area contributed by atoms with Gasteiger partial charge in [-0.05, 0) is 25.0 Å². The monoisotopic (exact) mass is 276 g/mol. The first-order chi connectivity index (χ1) is 9.58. The maximum Gasteiger partial charge on any atom is 0.321 e. The van der Waals surface area contributed by atoms with Gasteiger partial charge in [-0.3, -0.25) is 9.78 Å². The van der Waals surface area contributed by atoms with E-state index in [1.807, 2.05) is 6.92 Å². The van der Waals surface area contributed by atoms with Crippen LogP contribution in [0.25, 0.3) is 0 Å². The van der Waals surface area contributed by atoms with Crippen LogP contribution in [0.1, 0.15) is 18.9 Å². The number of pyridine rings is 1. The lowest BCUT2D eigenvalue weighted by molar-refractivity contribution is -0.128. The molecule has 3 amide bonds. The largest absolute Gasteiger partial charge is 0.341 e. The Hall–Kier alpha value is -2.11. The summed E-state index contributed by atoms with van der Waals surface area (Å²) in [7, 11) is 0. The van der Waals surface area contributed by atoms with Gasteiger partial charge >= 0.3 is 6.03 Å². The Morgan fingerprint density at radius 1 is 1.20 bits per heavy atom. The zero-order chi connectivity index (χ0) is 14.5. The summed E-state index contributed by atoms with van der Waals surface area (Å²) in [4.78, 5) is 31.1. The molecule has 0 radical (unpaired) electrons. The third kappa shape index (κ3) is 3.46. The van der Waals surface area contributed by atoms with Gasteiger partial charge in [-0.15, -0.1) is 0 Å². The normalized spacial score (nSPS) is 15.7. The molecule has 108 valence electrons. The van der Waals surface area contributed by atoms with Crippen LogP contribution in [0.5, 0.6) is 0 Å². The van der Waals surface area contributed by atoms with Crippen molar-refractivity contribution in [3.8, 4) is 0 Å². The summed E-state index contributed by atoms with van der Waals surface area (Å²) in [6, 6.07) is 1.66. The van der Waals surface area contributed by atoms with Crippen molar-refractivity contribution in [2.75, 3.05) is 31.5 Å². The Balaban J connectivity index is 1.96. The number of hydrogen-bond donors (Lipinski definition) is 1. The molecule has 2 rings (SSSR count). The third-order valence-electron chi connectivity index (χ3n) is 3.49. The van der Waals surface area contributed by atoms with E-state index < -0.39 is 0 Å². The molecule has 1 aromatic rings. The van der Waals surface area contributed by atoms with Crippen LogP contribution in [0.4, 0.5) is 10.5 Å². The Morgan fingerprint density at radius 3 is 2.60 bits per heavy atom. The molecular formula is C14H20N4O2. The number of amides is 3. The van der Waals surface area contributed by atoms with Crippen LogP contribution in [0.15, 0.2) is 18.5 Å². The summed E-state index contributed by atoms with van der Waals surface area (Å²) in [6.45, 7) is 6.01. The number of carbonyl (C=O) groups excluding carboxylic acids is 2. The molecule has 6 heteroatoms. The molecule has 0 aliphatic carbocycles. The van der Waals surface area contributed by atoms with Crippen LogP contribution in [0.3, 0.4) is 0 Å². The van der Waals surface area contributed by atoms with Gasteiger partial charge in [-0.1, -0.05) is 0 Å². The van der Waals surface area contributed by atoms with Crippen molar-refractivity contribution in [1.29, 1.82) is 0 Å². The van der Waals surface area contributed by atoms with Crippen LogP contribution in [0, 0.1) is 6.92 Å². The number of aromatic nitrogens is 1. The number of rotatable bonds is 1. The van der Waals surface area contributed by atoms with E-state index >= 15 is 0 Å². The SMILES string of the molecule is CC(=O)N1CCCN(C(=O)Nc2ccncc2C)CC1. The summed E-state index contributed by atoms with van der Waals surface area (Å²) >= 11 is 0. The Morgan fingerprint density at radius 2 is 1.90 bits per heavy atom. The van der Waals surface area contributed by atoms with Gasteiger partial charge in [0, 0.05) is 51.2 Å². The molecule has 1 aliphatic heterocycles. The van der Waals surface area contributed by atoms with E-state index in [9.17, 15) is 9.59 Å². The topological polar surface area (TPSA) is 65.5 Å². The van der Waals surface area contributed by atoms with E-state index in [0.29, 0.717) is 26.2 Å². The van der Waals surface area contributed by atoms with Gasteiger partial charge in [0.25, 0.3) is 0 Å². The highest BCUT2D eigenvalue weighted by atomic mass is 16.2. The highest BCUT2D eigenvalue weighted by Crippen LogP contribution is 2.13. The number of anilines is 1. The molecule has 1 aromatic heterocycles. The summed E-state index contributed by atoms with van der Waals surface area (Å²) in [5.41, 5.74) is 1.71. The predicted molar refractivity (Wildman–Crippen MR) is 76.4 cm³/mol. The molecule has 0 saturated carbocycles. The lowest BCUT2D eigenvalue weighted by Gasteiger charge is -2.22. The van der Waals surface area contributed by atoms with E-state index in [4.69, 9.17) is 0 Å². The molecule has 2 heterocycles. The van der Waals surface area contributed by atoms with Crippen molar-refractivity contribution in [3.63, 3.8) is 0 Å². The molecule has 1 fully saturated rings. The molecule has 0 aromatic carbocycles. The fourth-order valence-corrected chi connectivity index (χ4v) is 2.24. The molecule has 0 spiro atoms. The van der Waals surface area contributed by atoms with Crippen LogP contribution >= 0.6 is 0 Å². The second kappa shape index (κ2) is 6.36. The maximum absolute atomic E-state index is 12.2. The first-order valence-corrected chi connectivity index (χ1v) is 6.80. The van der Waals surface area contributed by atoms with Crippen molar-refractivity contribution in [1.82, 2.24) is 14.8 Å². The average Bonchev–Trinajstić information content (AvgIpc) is 2.67. The van der Waals surface area contributed by atoms with E-state index in [-0.39, 0.29) is 11.9 Å². The second-order valence-electron chi connectivity index (χ2n) is 4.97. The molecule has 6 nitrogen and oxygen atoms in total. The predicted octanol–water partition coefficient (Wildman–Crippen LogP) is 1.48. The zero-order valence-electron chi connectivity index (χ0n) is 11.9. The van der Waals surface area contributed by atoms with Crippen LogP contribution in [-0.4, -0.2) is 52.9 Å². The van der Waals surface area contributed by atoms with Crippen LogP contribution in [0.2, 0.25) is 0 Å². The highest BCUT2D eigenvalue weighted by Gasteiger charge is 2.20. The molecule has 0 bridgehead atoms. The number of carbonyl (C=O) groups is 2. The number of nitrogens with one attached hydrogen (secondary N) is 1. The lowest BCUT2D eigenvalue weighted by Crippen LogP contribution is -2.38. The summed E-state index contributed by atoms with van der Waals surface area (Å²) in [5.74, 6) is 0.0669. The smallest absolute Gasteiger partial charge is 0.321 e. The van der Waals surface area contributed by atoms with E-state index in [0.717, 1.165) is 17.7 Å². The zero-order valence-corrected chi connectivity index (χ0v) is 11.9. The van der Waals surface area contributed by atoms with Crippen LogP contribution in [-0.2, 0) is 4.79 Å². The fraction of sp³-hybridized carbons (Fsp3) is 0.500. The van der Waals surface area contributed by atoms with Crippen molar-refractivity contribution >= 4 is 17.6 Å². The van der Waals surface area contributed by atoms with Gasteiger partial charge in [0.1, 0.15) is 0 Å². The molecule has 0 atom stereocenters. The van der Waals surface area contributed by atoms with Gasteiger partial charge < -0.3 is 15.1 Å². The Kier molecular flexibility index (Phi) is 4.55. The van der Waals surface area contributed by atoms with Gasteiger partial charge in [-0.25, -0.2) is 4.79 Å². The minimum Gasteiger partial charge on any atom is -0.341 e. The van der Waals surface area contributed by atoms with Crippen molar-refractivity contribution in [3.05, 3.63) is 24.0 Å². The highest BCUT2D eigenvalue weighted by molar-refractivity contribution is 5.90. The quantitative estimate of drug-likeness (QED) is 0.845. The molecule has 20 heavy (non-hydrogen) atoms. The minimum absolute atomic E-state index is 0.0669. The average molecular weight is 276 g/mol. The first kappa shape index (κ1) is 14.3. The van der Waals surface area contributed by atoms with Gasteiger partial charge in [0.05, 0.1) is 0 Å². The first-order valence-electron chi connectivity index (χ1n) is 6.80. The summed E-state index contributed by atoms with van der Waals surface area (Å²) in [6.07, 6.45) is 4.18. The Labute approximate surface area is 118 Å². The summed E-state index contributed by atoms with van der Waals surface area (Å²) < 4.78 is 0. The third-order valence-corrected chi connectivity index (χ3v) is 3.49. The van der Waals surface area contributed by atoms with Gasteiger partial charge in [0.15, 0.2) is 0 Å². The molecule has 1 N–H and O–H groups in total. The van der Waals surface area contributed by atoms with E-state index in [2.05, 4.69) is 10.3 Å². The Bertz CT molecular complexity index is 504. The van der Waals surface area contributed by atoms with Crippen molar-refractivity contribution in [2.24, 2.45) is 0 Å². The van der Waals surface area contributed by atoms with Gasteiger partial charge in [0.2, 0.25) is 5.91 Å². The van der Waals surface area contributed by atoms with Crippen molar-refractivity contribution < 1.29 is 9.59 Å². The number of nitrogens with zero attached hydrogens (tertiary/aromatic N) is 3. The van der Waals surface area contributed by atoms with Gasteiger partial charge in [-0.2, -0.15) is 0 Å². The maximum atomic E-state index is 12.2. The van der Waals surface area contributed by atoms with E-state index in [1.54, 1.807) is 35.2 Å². The molecular weight excluding hydrogens is 256 g/mol. The number of aryl methyl sites for hydroxylation is 1. The fourth-order valence-electron chi connectivity index (χ4n) is 2.24. The second-order valence-corrected chi connectivity index (χ2v) is 4.97. The molecule has 1 aliphatic rings. The molecule has 1 saturated heterocycles. The van der Waals surface area contributed by atoms with Crippen molar-refractivity contribution in [2.45, 2.75) is 20.3 Å². The lowest BCUT2D eigenvalue weighted by atomic mass is 10.2. The standard InChI is InChI=1S/C14H20N4O2/c1-11-10-15-5-4-13(11)16-14(20)18-7-3-6-17(8-9-18)12(2)19/h4-5,10H,3,6-9H2,1-2H3,(H,15,16,20). The minimum atomic E-state index is -0.121. The summed E-state index contributed by atoms with van der Waals surface area (Å²) in [5, 5.41) is 2.90. The van der Waals surface area contributed by atoms with E-state index in [1.165, 1.54) is 0 Å². The number of hydrogen-bond acceptors (Lipinski definition) is 3. The van der Waals surface area contributed by atoms with Crippen LogP contribution < -0.4 is 5.32 Å².